The van der Waals surface area contributed by atoms with Gasteiger partial charge in [-0.2, -0.15) is 0 Å². The summed E-state index contributed by atoms with van der Waals surface area (Å²) >= 11 is 0. The molecule has 0 N–H and O–H groups in total. The first-order valence-electron chi connectivity index (χ1n) is 5.84. The van der Waals surface area contributed by atoms with Crippen molar-refractivity contribution >= 4 is 0 Å². The number of pyridine rings is 1. The molecular weight excluding hydrogens is 200 g/mol. The number of hydrogen-bond acceptors (Lipinski definition) is 3. The lowest BCUT2D eigenvalue weighted by molar-refractivity contribution is -0.0597. The molecule has 1 atom stereocenters. The second kappa shape index (κ2) is 4.52. The summed E-state index contributed by atoms with van der Waals surface area (Å²) in [5.74, 6) is 0. The predicted octanol–water partition coefficient (Wildman–Crippen LogP) is 2.25. The fourth-order valence-corrected chi connectivity index (χ4v) is 2.03. The molecule has 0 spiro atoms. The van der Waals surface area contributed by atoms with Crippen LogP contribution in [0.5, 0.6) is 0 Å². The third kappa shape index (κ3) is 2.60. The maximum absolute atomic E-state index is 5.81. The van der Waals surface area contributed by atoms with Gasteiger partial charge >= 0.3 is 0 Å². The Kier molecular flexibility index (Phi) is 3.26. The molecule has 2 rings (SSSR count). The minimum absolute atomic E-state index is 0.168. The SMILES string of the molecule is CC(C)(C)N1CCOC(c2cccnc2)C1. The second-order valence-corrected chi connectivity index (χ2v) is 5.26. The van der Waals surface area contributed by atoms with Crippen molar-refractivity contribution in [1.29, 1.82) is 0 Å². The number of aromatic nitrogens is 1. The number of nitrogens with zero attached hydrogens (tertiary/aromatic N) is 2. The van der Waals surface area contributed by atoms with Gasteiger partial charge in [-0.25, -0.2) is 0 Å². The van der Waals surface area contributed by atoms with E-state index < -0.39 is 0 Å². The lowest BCUT2D eigenvalue weighted by Crippen LogP contribution is -2.48. The largest absolute Gasteiger partial charge is 0.371 e. The van der Waals surface area contributed by atoms with Gasteiger partial charge in [0.05, 0.1) is 12.7 Å². The van der Waals surface area contributed by atoms with Crippen LogP contribution in [0.2, 0.25) is 0 Å². The zero-order valence-electron chi connectivity index (χ0n) is 10.3. The van der Waals surface area contributed by atoms with Gasteiger partial charge in [0, 0.05) is 36.6 Å². The first-order valence-corrected chi connectivity index (χ1v) is 5.84. The van der Waals surface area contributed by atoms with Gasteiger partial charge in [0.2, 0.25) is 0 Å². The summed E-state index contributed by atoms with van der Waals surface area (Å²) in [5.41, 5.74) is 1.39. The quantitative estimate of drug-likeness (QED) is 0.726. The molecule has 3 heteroatoms. The summed E-state index contributed by atoms with van der Waals surface area (Å²) in [5, 5.41) is 0. The van der Waals surface area contributed by atoms with Gasteiger partial charge in [-0.15, -0.1) is 0 Å². The average Bonchev–Trinajstić information content (AvgIpc) is 2.29. The molecule has 88 valence electrons. The molecule has 0 aliphatic carbocycles. The van der Waals surface area contributed by atoms with E-state index in [-0.39, 0.29) is 11.6 Å². The molecule has 1 aromatic heterocycles. The number of hydrogen-bond donors (Lipinski definition) is 0. The Bertz CT molecular complexity index is 332. The van der Waals surface area contributed by atoms with Crippen molar-refractivity contribution < 1.29 is 4.74 Å². The Hall–Kier alpha value is -0.930. The summed E-state index contributed by atoms with van der Waals surface area (Å²) in [7, 11) is 0. The van der Waals surface area contributed by atoms with E-state index in [1.165, 1.54) is 5.56 Å². The van der Waals surface area contributed by atoms with Gasteiger partial charge in [0.15, 0.2) is 0 Å². The molecule has 0 saturated carbocycles. The molecule has 1 aromatic rings. The molecule has 0 bridgehead atoms. The molecule has 1 unspecified atom stereocenters. The van der Waals surface area contributed by atoms with Crippen molar-refractivity contribution in [3.8, 4) is 0 Å². The Morgan fingerprint density at radius 1 is 1.44 bits per heavy atom. The van der Waals surface area contributed by atoms with E-state index in [1.807, 2.05) is 12.3 Å². The van der Waals surface area contributed by atoms with Gasteiger partial charge in [-0.3, -0.25) is 9.88 Å². The Morgan fingerprint density at radius 2 is 2.25 bits per heavy atom. The van der Waals surface area contributed by atoms with E-state index in [4.69, 9.17) is 4.74 Å². The van der Waals surface area contributed by atoms with Gasteiger partial charge < -0.3 is 4.74 Å². The van der Waals surface area contributed by atoms with Crippen LogP contribution in [0.25, 0.3) is 0 Å². The Balaban J connectivity index is 2.08. The van der Waals surface area contributed by atoms with Crippen LogP contribution in [-0.4, -0.2) is 35.1 Å². The van der Waals surface area contributed by atoms with Crippen molar-refractivity contribution in [2.75, 3.05) is 19.7 Å². The van der Waals surface area contributed by atoms with Crippen molar-refractivity contribution in [3.63, 3.8) is 0 Å². The van der Waals surface area contributed by atoms with Crippen LogP contribution in [0.3, 0.4) is 0 Å². The molecule has 1 aliphatic heterocycles. The normalized spacial score (nSPS) is 23.3. The molecule has 1 saturated heterocycles. The maximum Gasteiger partial charge on any atom is 0.0967 e. The molecule has 0 amide bonds. The monoisotopic (exact) mass is 220 g/mol. The highest BCUT2D eigenvalue weighted by atomic mass is 16.5. The first-order chi connectivity index (χ1) is 7.57. The number of rotatable bonds is 1. The van der Waals surface area contributed by atoms with Crippen molar-refractivity contribution in [1.82, 2.24) is 9.88 Å². The standard InChI is InChI=1S/C13H20N2O/c1-13(2,3)15-7-8-16-12(10-15)11-5-4-6-14-9-11/h4-6,9,12H,7-8,10H2,1-3H3. The van der Waals surface area contributed by atoms with Gasteiger partial charge in [-0.05, 0) is 26.8 Å². The van der Waals surface area contributed by atoms with E-state index in [1.54, 1.807) is 6.20 Å². The topological polar surface area (TPSA) is 25.4 Å². The summed E-state index contributed by atoms with van der Waals surface area (Å²) in [4.78, 5) is 6.62. The third-order valence-corrected chi connectivity index (χ3v) is 3.07. The maximum atomic E-state index is 5.81. The molecule has 3 nitrogen and oxygen atoms in total. The molecule has 0 aromatic carbocycles. The van der Waals surface area contributed by atoms with E-state index >= 15 is 0 Å². The van der Waals surface area contributed by atoms with Gasteiger partial charge in [0.1, 0.15) is 0 Å². The molecule has 2 heterocycles. The lowest BCUT2D eigenvalue weighted by atomic mass is 10.0. The number of ether oxygens (including phenoxy) is 1. The minimum Gasteiger partial charge on any atom is -0.371 e. The average molecular weight is 220 g/mol. The second-order valence-electron chi connectivity index (χ2n) is 5.26. The van der Waals surface area contributed by atoms with Crippen molar-refractivity contribution in [3.05, 3.63) is 30.1 Å². The minimum atomic E-state index is 0.168. The van der Waals surface area contributed by atoms with E-state index in [0.29, 0.717) is 0 Å². The van der Waals surface area contributed by atoms with Crippen LogP contribution in [0, 0.1) is 0 Å². The van der Waals surface area contributed by atoms with Crippen molar-refractivity contribution in [2.45, 2.75) is 32.4 Å². The summed E-state index contributed by atoms with van der Waals surface area (Å²) in [6.07, 6.45) is 3.87. The van der Waals surface area contributed by atoms with E-state index in [9.17, 15) is 0 Å². The highest BCUT2D eigenvalue weighted by Crippen LogP contribution is 2.25. The van der Waals surface area contributed by atoms with Crippen LogP contribution in [-0.2, 0) is 4.74 Å². The van der Waals surface area contributed by atoms with E-state index in [0.717, 1.165) is 19.7 Å². The molecule has 1 aliphatic rings. The molecule has 1 fully saturated rings. The number of morpholine rings is 1. The lowest BCUT2D eigenvalue weighted by Gasteiger charge is -2.41. The van der Waals surface area contributed by atoms with Gasteiger partial charge in [0.25, 0.3) is 0 Å². The van der Waals surface area contributed by atoms with Crippen molar-refractivity contribution in [2.24, 2.45) is 0 Å². The van der Waals surface area contributed by atoms with Crippen LogP contribution in [0.1, 0.15) is 32.4 Å². The van der Waals surface area contributed by atoms with Gasteiger partial charge in [-0.1, -0.05) is 6.07 Å². The third-order valence-electron chi connectivity index (χ3n) is 3.07. The zero-order valence-corrected chi connectivity index (χ0v) is 10.3. The van der Waals surface area contributed by atoms with Crippen LogP contribution in [0.15, 0.2) is 24.5 Å². The molecule has 0 radical (unpaired) electrons. The molecule has 16 heavy (non-hydrogen) atoms. The predicted molar refractivity (Wildman–Crippen MR) is 64.3 cm³/mol. The van der Waals surface area contributed by atoms with Crippen LogP contribution in [0.4, 0.5) is 0 Å². The molecular formula is C13H20N2O. The Morgan fingerprint density at radius 3 is 2.88 bits per heavy atom. The highest BCUT2D eigenvalue weighted by Gasteiger charge is 2.29. The smallest absolute Gasteiger partial charge is 0.0967 e. The summed E-state index contributed by atoms with van der Waals surface area (Å²) in [6, 6.07) is 4.05. The summed E-state index contributed by atoms with van der Waals surface area (Å²) < 4.78 is 5.81. The van der Waals surface area contributed by atoms with Crippen LogP contribution < -0.4 is 0 Å². The first kappa shape index (κ1) is 11.6. The Labute approximate surface area is 97.4 Å². The zero-order chi connectivity index (χ0) is 11.6. The highest BCUT2D eigenvalue weighted by molar-refractivity contribution is 5.13. The van der Waals surface area contributed by atoms with E-state index in [2.05, 4.69) is 36.7 Å². The fourth-order valence-electron chi connectivity index (χ4n) is 2.03. The van der Waals surface area contributed by atoms with Crippen LogP contribution >= 0.6 is 0 Å². The summed E-state index contributed by atoms with van der Waals surface area (Å²) in [6.45, 7) is 9.52. The fraction of sp³-hybridized carbons (Fsp3) is 0.615.